The molecule has 1 unspecified atom stereocenters. The molecule has 1 N–H and O–H groups in total. The molecular formula is C16H19N2O2+. The number of likely N-dealkylation sites (tertiary alicyclic amines) is 1. The first-order chi connectivity index (χ1) is 9.66. The highest BCUT2D eigenvalue weighted by atomic mass is 16.2. The van der Waals surface area contributed by atoms with Gasteiger partial charge in [-0.1, -0.05) is 30.3 Å². The van der Waals surface area contributed by atoms with E-state index in [1.165, 1.54) is 20.9 Å². The van der Waals surface area contributed by atoms with Crippen molar-refractivity contribution in [1.29, 1.82) is 0 Å². The van der Waals surface area contributed by atoms with E-state index in [2.05, 4.69) is 18.2 Å². The number of hydrogen-bond acceptors (Lipinski definition) is 2. The highest BCUT2D eigenvalue weighted by Crippen LogP contribution is 2.18. The Bertz CT molecular complexity index is 565. The zero-order valence-electron chi connectivity index (χ0n) is 11.6. The standard InChI is InChI=1S/C16H18N2O2/c1-17-15(19)11-14(16(17)20)18-9-7-13(8-10-18)12-5-3-2-4-6-12/h2-7,14H,8-11H2,1H3/p+1/t14-/m1/s1. The minimum Gasteiger partial charge on any atom is -0.321 e. The number of amides is 2. The number of nitrogens with one attached hydrogen (secondary N) is 1. The second kappa shape index (κ2) is 5.21. The van der Waals surface area contributed by atoms with Gasteiger partial charge in [-0.3, -0.25) is 14.5 Å². The fraction of sp³-hybridized carbons (Fsp3) is 0.375. The van der Waals surface area contributed by atoms with Gasteiger partial charge in [0.25, 0.3) is 5.91 Å². The smallest absolute Gasteiger partial charge is 0.287 e. The first kappa shape index (κ1) is 13.1. The molecule has 2 atom stereocenters. The maximum atomic E-state index is 12.0. The van der Waals surface area contributed by atoms with Gasteiger partial charge < -0.3 is 4.90 Å². The van der Waals surface area contributed by atoms with E-state index in [1.54, 1.807) is 7.05 Å². The second-order valence-corrected chi connectivity index (χ2v) is 5.51. The molecule has 0 spiro atoms. The van der Waals surface area contributed by atoms with E-state index in [-0.39, 0.29) is 17.9 Å². The van der Waals surface area contributed by atoms with Crippen molar-refractivity contribution < 1.29 is 14.5 Å². The number of nitrogens with zero attached hydrogens (tertiary/aromatic N) is 1. The fourth-order valence-electron chi connectivity index (χ4n) is 3.06. The number of likely N-dealkylation sites (N-methyl/N-ethyl adjacent to an activating group) is 1. The van der Waals surface area contributed by atoms with E-state index in [1.807, 2.05) is 18.2 Å². The minimum atomic E-state index is -0.180. The van der Waals surface area contributed by atoms with Crippen LogP contribution in [0, 0.1) is 0 Å². The molecule has 0 bridgehead atoms. The SMILES string of the molecule is CN1C(=O)C[C@@H]([NH+]2CC=C(c3ccccc3)CC2)C1=O. The molecule has 0 radical (unpaired) electrons. The number of rotatable bonds is 2. The van der Waals surface area contributed by atoms with E-state index in [4.69, 9.17) is 0 Å². The molecule has 2 aliphatic rings. The Morgan fingerprint density at radius 3 is 2.50 bits per heavy atom. The van der Waals surface area contributed by atoms with Crippen LogP contribution in [0.15, 0.2) is 36.4 Å². The average molecular weight is 271 g/mol. The molecule has 4 heteroatoms. The van der Waals surface area contributed by atoms with Crippen molar-refractivity contribution >= 4 is 17.4 Å². The van der Waals surface area contributed by atoms with E-state index >= 15 is 0 Å². The van der Waals surface area contributed by atoms with Gasteiger partial charge in [-0.2, -0.15) is 0 Å². The van der Waals surface area contributed by atoms with Crippen molar-refractivity contribution in [3.8, 4) is 0 Å². The van der Waals surface area contributed by atoms with Crippen LogP contribution in [0.25, 0.3) is 5.57 Å². The maximum Gasteiger partial charge on any atom is 0.287 e. The van der Waals surface area contributed by atoms with Crippen molar-refractivity contribution in [2.24, 2.45) is 0 Å². The summed E-state index contributed by atoms with van der Waals surface area (Å²) in [4.78, 5) is 26.1. The van der Waals surface area contributed by atoms with E-state index in [0.29, 0.717) is 6.42 Å². The Kier molecular flexibility index (Phi) is 3.40. The minimum absolute atomic E-state index is 0.0263. The van der Waals surface area contributed by atoms with Gasteiger partial charge in [0.1, 0.15) is 0 Å². The Labute approximate surface area is 118 Å². The van der Waals surface area contributed by atoms with Crippen LogP contribution in [0.4, 0.5) is 0 Å². The zero-order chi connectivity index (χ0) is 14.1. The van der Waals surface area contributed by atoms with Crippen LogP contribution >= 0.6 is 0 Å². The molecule has 104 valence electrons. The molecule has 2 aliphatic heterocycles. The largest absolute Gasteiger partial charge is 0.321 e. The third kappa shape index (κ3) is 2.27. The number of carbonyl (C=O) groups is 2. The lowest BCUT2D eigenvalue weighted by atomic mass is 9.98. The number of carbonyl (C=O) groups excluding carboxylic acids is 2. The summed E-state index contributed by atoms with van der Waals surface area (Å²) < 4.78 is 0. The molecule has 1 aromatic rings. The third-order valence-corrected chi connectivity index (χ3v) is 4.35. The van der Waals surface area contributed by atoms with Gasteiger partial charge >= 0.3 is 0 Å². The van der Waals surface area contributed by atoms with Gasteiger partial charge in [-0.15, -0.1) is 0 Å². The van der Waals surface area contributed by atoms with Gasteiger partial charge in [0.05, 0.1) is 19.5 Å². The molecule has 2 amide bonds. The topological polar surface area (TPSA) is 41.8 Å². The summed E-state index contributed by atoms with van der Waals surface area (Å²) in [5.41, 5.74) is 2.61. The lowest BCUT2D eigenvalue weighted by Crippen LogP contribution is -3.17. The molecule has 0 saturated carbocycles. The summed E-state index contributed by atoms with van der Waals surface area (Å²) >= 11 is 0. The Balaban J connectivity index is 1.71. The zero-order valence-corrected chi connectivity index (χ0v) is 11.6. The summed E-state index contributed by atoms with van der Waals surface area (Å²) in [7, 11) is 1.58. The Morgan fingerprint density at radius 1 is 1.20 bits per heavy atom. The quantitative estimate of drug-likeness (QED) is 0.776. The average Bonchev–Trinajstić information content (AvgIpc) is 2.76. The van der Waals surface area contributed by atoms with Crippen LogP contribution in [-0.2, 0) is 9.59 Å². The Hall–Kier alpha value is -1.94. The fourth-order valence-corrected chi connectivity index (χ4v) is 3.06. The van der Waals surface area contributed by atoms with Crippen LogP contribution in [0.1, 0.15) is 18.4 Å². The van der Waals surface area contributed by atoms with Gasteiger partial charge in [0.15, 0.2) is 6.04 Å². The summed E-state index contributed by atoms with van der Waals surface area (Å²) in [6, 6.07) is 10.2. The van der Waals surface area contributed by atoms with Crippen LogP contribution in [0.2, 0.25) is 0 Å². The van der Waals surface area contributed by atoms with Crippen molar-refractivity contribution in [2.75, 3.05) is 20.1 Å². The highest BCUT2D eigenvalue weighted by molar-refractivity contribution is 6.04. The molecular weight excluding hydrogens is 252 g/mol. The van der Waals surface area contributed by atoms with Gasteiger partial charge in [-0.25, -0.2) is 0 Å². The molecule has 0 aromatic heterocycles. The summed E-state index contributed by atoms with van der Waals surface area (Å²) in [6.45, 7) is 1.74. The molecule has 0 aliphatic carbocycles. The monoisotopic (exact) mass is 271 g/mol. The number of quaternary nitrogens is 1. The number of imide groups is 1. The van der Waals surface area contributed by atoms with Gasteiger partial charge in [0.2, 0.25) is 5.91 Å². The molecule has 3 rings (SSSR count). The van der Waals surface area contributed by atoms with Crippen LogP contribution in [0.3, 0.4) is 0 Å². The van der Waals surface area contributed by atoms with Crippen LogP contribution in [0.5, 0.6) is 0 Å². The summed E-state index contributed by atoms with van der Waals surface area (Å²) in [5.74, 6) is -0.0769. The molecule has 2 heterocycles. The van der Waals surface area contributed by atoms with Gasteiger partial charge in [0, 0.05) is 13.5 Å². The summed E-state index contributed by atoms with van der Waals surface area (Å²) in [6.07, 6.45) is 3.53. The van der Waals surface area contributed by atoms with E-state index in [9.17, 15) is 9.59 Å². The molecule has 1 saturated heterocycles. The third-order valence-electron chi connectivity index (χ3n) is 4.35. The van der Waals surface area contributed by atoms with Crippen molar-refractivity contribution in [1.82, 2.24) is 4.90 Å². The number of benzene rings is 1. The highest BCUT2D eigenvalue weighted by Gasteiger charge is 2.43. The predicted octanol–water partition coefficient (Wildman–Crippen LogP) is 0.116. The van der Waals surface area contributed by atoms with E-state index < -0.39 is 0 Å². The van der Waals surface area contributed by atoms with Gasteiger partial charge in [-0.05, 0) is 17.2 Å². The first-order valence-electron chi connectivity index (χ1n) is 7.06. The number of hydrogen-bond donors (Lipinski definition) is 1. The molecule has 1 aromatic carbocycles. The lowest BCUT2D eigenvalue weighted by Gasteiger charge is -2.27. The molecule has 1 fully saturated rings. The van der Waals surface area contributed by atoms with Crippen molar-refractivity contribution in [3.63, 3.8) is 0 Å². The van der Waals surface area contributed by atoms with Crippen molar-refractivity contribution in [3.05, 3.63) is 42.0 Å². The first-order valence-corrected chi connectivity index (χ1v) is 7.06. The lowest BCUT2D eigenvalue weighted by molar-refractivity contribution is -0.910. The molecule has 20 heavy (non-hydrogen) atoms. The van der Waals surface area contributed by atoms with Crippen molar-refractivity contribution in [2.45, 2.75) is 18.9 Å². The normalized spacial score (nSPS) is 26.9. The summed E-state index contributed by atoms with van der Waals surface area (Å²) in [5, 5.41) is 0. The maximum absolute atomic E-state index is 12.0. The molecule has 4 nitrogen and oxygen atoms in total. The predicted molar refractivity (Wildman–Crippen MR) is 75.9 cm³/mol. The van der Waals surface area contributed by atoms with E-state index in [0.717, 1.165) is 19.5 Å². The second-order valence-electron chi connectivity index (χ2n) is 5.51. The van der Waals surface area contributed by atoms with Crippen LogP contribution < -0.4 is 4.90 Å². The van der Waals surface area contributed by atoms with Crippen LogP contribution in [-0.4, -0.2) is 42.9 Å². The Morgan fingerprint density at radius 2 is 1.95 bits per heavy atom.